The third-order valence-corrected chi connectivity index (χ3v) is 5.10. The molecule has 0 saturated heterocycles. The Labute approximate surface area is 112 Å². The maximum Gasteiger partial charge on any atom is 0.475 e. The fourth-order valence-corrected chi connectivity index (χ4v) is 5.33. The highest BCUT2D eigenvalue weighted by Crippen LogP contribution is 2.61. The SMILES string of the molecule is CC(=O)NC12CC3CC(CC(CO[N+](=O)O)(C3)C1)C2. The highest BCUT2D eigenvalue weighted by Gasteiger charge is 2.59. The lowest BCUT2D eigenvalue weighted by Crippen LogP contribution is -2.63. The zero-order chi connectivity index (χ0) is 13.7. The molecule has 0 aliphatic heterocycles. The highest BCUT2D eigenvalue weighted by molar-refractivity contribution is 5.74. The van der Waals surface area contributed by atoms with Gasteiger partial charge in [-0.25, -0.2) is 5.21 Å². The zero-order valence-corrected chi connectivity index (χ0v) is 11.2. The zero-order valence-electron chi connectivity index (χ0n) is 11.2. The Hall–Kier alpha value is -1.33. The quantitative estimate of drug-likeness (QED) is 0.759. The van der Waals surface area contributed by atoms with Crippen molar-refractivity contribution in [3.8, 4) is 0 Å². The van der Waals surface area contributed by atoms with Gasteiger partial charge >= 0.3 is 5.09 Å². The summed E-state index contributed by atoms with van der Waals surface area (Å²) in [5.41, 5.74) is -0.166. The molecule has 0 spiro atoms. The molecule has 0 aromatic heterocycles. The van der Waals surface area contributed by atoms with Gasteiger partial charge in [-0.1, -0.05) is 0 Å². The van der Waals surface area contributed by atoms with Gasteiger partial charge in [-0.05, 0) is 50.4 Å². The molecule has 4 saturated carbocycles. The standard InChI is InChI=1S/C13H20N2O4/c1-9(16)14-13-5-10-2-11(6-13)4-12(3-10,7-13)8-19-15(17)18/h10-11H,2-8H2,1H3,(H-,14,16,17,18)/p+1. The van der Waals surface area contributed by atoms with Crippen LogP contribution in [-0.4, -0.2) is 28.3 Å². The molecule has 6 nitrogen and oxygen atoms in total. The molecule has 4 bridgehead atoms. The predicted molar refractivity (Wildman–Crippen MR) is 65.0 cm³/mol. The summed E-state index contributed by atoms with van der Waals surface area (Å²) in [6.07, 6.45) is 6.26. The van der Waals surface area contributed by atoms with Crippen molar-refractivity contribution in [1.29, 1.82) is 0 Å². The summed E-state index contributed by atoms with van der Waals surface area (Å²) in [6.45, 7) is 1.82. The van der Waals surface area contributed by atoms with E-state index in [9.17, 15) is 9.70 Å². The largest absolute Gasteiger partial charge is 0.475 e. The number of amides is 1. The van der Waals surface area contributed by atoms with E-state index < -0.39 is 5.09 Å². The maximum atomic E-state index is 11.5. The Morgan fingerprint density at radius 1 is 1.37 bits per heavy atom. The molecule has 4 fully saturated rings. The van der Waals surface area contributed by atoms with Crippen LogP contribution in [0.5, 0.6) is 0 Å². The molecule has 19 heavy (non-hydrogen) atoms. The fourth-order valence-electron chi connectivity index (χ4n) is 5.33. The van der Waals surface area contributed by atoms with Crippen LogP contribution in [-0.2, 0) is 9.63 Å². The number of nitrogens with zero attached hydrogens (tertiary/aromatic N) is 1. The molecule has 2 atom stereocenters. The predicted octanol–water partition coefficient (Wildman–Crippen LogP) is 1.56. The van der Waals surface area contributed by atoms with Crippen LogP contribution < -0.4 is 5.32 Å². The first-order valence-corrected chi connectivity index (χ1v) is 6.98. The minimum atomic E-state index is -0.441. The summed E-state index contributed by atoms with van der Waals surface area (Å²) in [5, 5.41) is 11.4. The van der Waals surface area contributed by atoms with E-state index in [1.54, 1.807) is 6.92 Å². The molecule has 106 valence electrons. The van der Waals surface area contributed by atoms with Crippen molar-refractivity contribution >= 4 is 5.91 Å². The van der Waals surface area contributed by atoms with Gasteiger partial charge in [0.05, 0.1) is 0 Å². The summed E-state index contributed by atoms with van der Waals surface area (Å²) in [4.78, 5) is 26.8. The van der Waals surface area contributed by atoms with E-state index in [4.69, 9.17) is 10.0 Å². The summed E-state index contributed by atoms with van der Waals surface area (Å²) in [7, 11) is 0. The van der Waals surface area contributed by atoms with Crippen LogP contribution in [0.4, 0.5) is 0 Å². The van der Waals surface area contributed by atoms with Crippen molar-refractivity contribution in [3.05, 3.63) is 4.91 Å². The molecule has 2 N–H and O–H groups in total. The molecule has 0 aromatic carbocycles. The Balaban J connectivity index is 1.80. The van der Waals surface area contributed by atoms with Gasteiger partial charge in [-0.15, -0.1) is 0 Å². The van der Waals surface area contributed by atoms with E-state index in [-0.39, 0.29) is 23.5 Å². The molecule has 0 aromatic rings. The highest BCUT2D eigenvalue weighted by atomic mass is 16.9. The summed E-state index contributed by atoms with van der Waals surface area (Å²) < 4.78 is 0. The average molecular weight is 269 g/mol. The summed E-state index contributed by atoms with van der Waals surface area (Å²) in [5.74, 6) is 1.23. The van der Waals surface area contributed by atoms with E-state index >= 15 is 0 Å². The van der Waals surface area contributed by atoms with E-state index in [1.807, 2.05) is 0 Å². The van der Waals surface area contributed by atoms with Crippen molar-refractivity contribution in [2.75, 3.05) is 6.61 Å². The van der Waals surface area contributed by atoms with Crippen molar-refractivity contribution in [2.24, 2.45) is 17.3 Å². The van der Waals surface area contributed by atoms with Crippen LogP contribution in [0.15, 0.2) is 0 Å². The Morgan fingerprint density at radius 3 is 2.53 bits per heavy atom. The summed E-state index contributed by atoms with van der Waals surface area (Å²) >= 11 is 0. The Kier molecular flexibility index (Phi) is 2.73. The molecule has 4 rings (SSSR count). The van der Waals surface area contributed by atoms with Gasteiger partial charge in [-0.3, -0.25) is 4.79 Å². The van der Waals surface area contributed by atoms with E-state index in [1.165, 1.54) is 6.42 Å². The third kappa shape index (κ3) is 2.28. The lowest BCUT2D eigenvalue weighted by Gasteiger charge is -2.61. The third-order valence-electron chi connectivity index (χ3n) is 5.10. The molecule has 4 aliphatic carbocycles. The normalized spacial score (nSPS) is 43.0. The number of hydrogen-bond acceptors (Lipinski definition) is 3. The van der Waals surface area contributed by atoms with Crippen LogP contribution >= 0.6 is 0 Å². The van der Waals surface area contributed by atoms with Gasteiger partial charge in [0.2, 0.25) is 5.91 Å². The van der Waals surface area contributed by atoms with E-state index in [2.05, 4.69) is 5.32 Å². The molecule has 1 amide bonds. The first kappa shape index (κ1) is 12.7. The Bertz CT molecular complexity index is 409. The molecule has 4 aliphatic rings. The van der Waals surface area contributed by atoms with Crippen molar-refractivity contribution in [3.63, 3.8) is 0 Å². The topological polar surface area (TPSA) is 78.6 Å². The average Bonchev–Trinajstić information content (AvgIpc) is 2.22. The lowest BCUT2D eigenvalue weighted by atomic mass is 9.47. The molecular weight excluding hydrogens is 248 g/mol. The molecular formula is C13H21N2O4+. The van der Waals surface area contributed by atoms with Crippen LogP contribution in [0, 0.1) is 22.2 Å². The van der Waals surface area contributed by atoms with Gasteiger partial charge in [-0.2, -0.15) is 4.84 Å². The van der Waals surface area contributed by atoms with Crippen molar-refractivity contribution in [2.45, 2.75) is 51.0 Å². The summed E-state index contributed by atoms with van der Waals surface area (Å²) in [6, 6.07) is 0. The molecule has 6 heteroatoms. The van der Waals surface area contributed by atoms with Gasteiger partial charge < -0.3 is 5.32 Å². The minimum absolute atomic E-state index is 0.0191. The number of carbonyl (C=O) groups is 1. The maximum absolute atomic E-state index is 11.5. The second kappa shape index (κ2) is 4.08. The van der Waals surface area contributed by atoms with Crippen LogP contribution in [0.2, 0.25) is 0 Å². The smallest absolute Gasteiger partial charge is 0.351 e. The minimum Gasteiger partial charge on any atom is -0.351 e. The van der Waals surface area contributed by atoms with E-state index in [0.29, 0.717) is 11.8 Å². The van der Waals surface area contributed by atoms with Gasteiger partial charge in [0.1, 0.15) is 4.91 Å². The second-order valence-corrected chi connectivity index (χ2v) is 6.93. The van der Waals surface area contributed by atoms with Crippen molar-refractivity contribution < 1.29 is 19.9 Å². The number of hydrogen-bond donors (Lipinski definition) is 2. The fraction of sp³-hybridized carbons (Fsp3) is 0.923. The van der Waals surface area contributed by atoms with E-state index in [0.717, 1.165) is 32.1 Å². The van der Waals surface area contributed by atoms with Gasteiger partial charge in [0.25, 0.3) is 0 Å². The molecule has 0 heterocycles. The monoisotopic (exact) mass is 269 g/mol. The van der Waals surface area contributed by atoms with Crippen LogP contribution in [0.25, 0.3) is 0 Å². The van der Waals surface area contributed by atoms with Crippen LogP contribution in [0.1, 0.15) is 45.4 Å². The van der Waals surface area contributed by atoms with Gasteiger partial charge in [0.15, 0.2) is 6.61 Å². The molecule has 0 radical (unpaired) electrons. The van der Waals surface area contributed by atoms with Gasteiger partial charge in [0, 0.05) is 17.9 Å². The number of nitrogens with one attached hydrogen (secondary N) is 1. The number of rotatable bonds is 4. The van der Waals surface area contributed by atoms with Crippen molar-refractivity contribution in [1.82, 2.24) is 5.32 Å². The van der Waals surface area contributed by atoms with Crippen LogP contribution in [0.3, 0.4) is 0 Å². The lowest BCUT2D eigenvalue weighted by molar-refractivity contribution is -0.977. The molecule has 2 unspecified atom stereocenters. The Morgan fingerprint density at radius 2 is 2.00 bits per heavy atom. The second-order valence-electron chi connectivity index (χ2n) is 6.93. The first-order valence-electron chi connectivity index (χ1n) is 6.98. The number of carbonyl (C=O) groups excluding carboxylic acids is 1. The first-order chi connectivity index (χ1) is 8.90.